The van der Waals surface area contributed by atoms with Crippen molar-refractivity contribution in [3.63, 3.8) is 0 Å². The smallest absolute Gasteiger partial charge is 0.342 e. The summed E-state index contributed by atoms with van der Waals surface area (Å²) in [5, 5.41) is 8.86. The summed E-state index contributed by atoms with van der Waals surface area (Å²) in [6.45, 7) is 2.07. The highest BCUT2D eigenvalue weighted by Crippen LogP contribution is 2.34. The van der Waals surface area contributed by atoms with Crippen LogP contribution in [0.25, 0.3) is 0 Å². The molecule has 1 aliphatic rings. The first-order chi connectivity index (χ1) is 8.40. The summed E-state index contributed by atoms with van der Waals surface area (Å²) in [5.74, 6) is -2.34. The van der Waals surface area contributed by atoms with Crippen molar-refractivity contribution in [3.8, 4) is 6.07 Å². The molecule has 1 fully saturated rings. The van der Waals surface area contributed by atoms with Crippen molar-refractivity contribution in [1.82, 2.24) is 4.90 Å². The molecule has 0 radical (unpaired) electrons. The molecule has 1 unspecified atom stereocenters. The number of nitrogens with zero attached hydrogens (tertiary/aromatic N) is 2. The van der Waals surface area contributed by atoms with Gasteiger partial charge in [-0.15, -0.1) is 0 Å². The van der Waals surface area contributed by atoms with Gasteiger partial charge in [0, 0.05) is 13.1 Å². The summed E-state index contributed by atoms with van der Waals surface area (Å²) in [4.78, 5) is 13.3. The average Bonchev–Trinajstić information content (AvgIpc) is 2.34. The lowest BCUT2D eigenvalue weighted by atomic mass is 9.94. The molecule has 102 valence electrons. The monoisotopic (exact) mass is 262 g/mol. The van der Waals surface area contributed by atoms with E-state index in [0.717, 1.165) is 0 Å². The summed E-state index contributed by atoms with van der Waals surface area (Å²) in [7, 11) is 0. The topological polar surface area (TPSA) is 44.1 Å². The molecule has 1 saturated heterocycles. The van der Waals surface area contributed by atoms with Crippen LogP contribution in [0.1, 0.15) is 32.6 Å². The van der Waals surface area contributed by atoms with E-state index in [2.05, 4.69) is 0 Å². The maximum atomic E-state index is 12.5. The van der Waals surface area contributed by atoms with Gasteiger partial charge in [0.25, 0.3) is 0 Å². The molecule has 1 heterocycles. The van der Waals surface area contributed by atoms with E-state index in [1.54, 1.807) is 0 Å². The third-order valence-electron chi connectivity index (χ3n) is 3.30. The number of carbonyl (C=O) groups excluding carboxylic acids is 1. The van der Waals surface area contributed by atoms with Crippen LogP contribution in [0, 0.1) is 23.2 Å². The molecule has 1 amide bonds. The predicted molar refractivity (Wildman–Crippen MR) is 59.4 cm³/mol. The first kappa shape index (κ1) is 14.8. The molecule has 3 nitrogen and oxygen atoms in total. The van der Waals surface area contributed by atoms with E-state index < -0.39 is 18.0 Å². The second kappa shape index (κ2) is 6.07. The van der Waals surface area contributed by atoms with Gasteiger partial charge >= 0.3 is 6.18 Å². The summed E-state index contributed by atoms with van der Waals surface area (Å²) in [6, 6.07) is 1.93. The fraction of sp³-hybridized carbons (Fsp3) is 0.833. The quantitative estimate of drug-likeness (QED) is 0.785. The van der Waals surface area contributed by atoms with Crippen molar-refractivity contribution in [2.24, 2.45) is 11.8 Å². The van der Waals surface area contributed by atoms with Crippen molar-refractivity contribution >= 4 is 5.91 Å². The summed E-state index contributed by atoms with van der Waals surface area (Å²) < 4.78 is 37.4. The first-order valence-corrected chi connectivity index (χ1v) is 6.15. The largest absolute Gasteiger partial charge is 0.391 e. The number of rotatable bonds is 3. The highest BCUT2D eigenvalue weighted by atomic mass is 19.4. The Morgan fingerprint density at radius 2 is 2.00 bits per heavy atom. The average molecular weight is 262 g/mol. The molecule has 1 aliphatic heterocycles. The maximum Gasteiger partial charge on any atom is 0.391 e. The van der Waals surface area contributed by atoms with E-state index >= 15 is 0 Å². The molecule has 1 atom stereocenters. The summed E-state index contributed by atoms with van der Waals surface area (Å²) >= 11 is 0. The van der Waals surface area contributed by atoms with E-state index in [0.29, 0.717) is 12.8 Å². The lowest BCUT2D eigenvalue weighted by molar-refractivity contribution is -0.186. The van der Waals surface area contributed by atoms with Crippen molar-refractivity contribution in [1.29, 1.82) is 5.26 Å². The second-order valence-corrected chi connectivity index (χ2v) is 4.61. The van der Waals surface area contributed by atoms with Gasteiger partial charge in [0.2, 0.25) is 5.91 Å². The van der Waals surface area contributed by atoms with Crippen LogP contribution in [0.4, 0.5) is 13.2 Å². The van der Waals surface area contributed by atoms with Crippen LogP contribution in [-0.2, 0) is 4.79 Å². The Bertz CT molecular complexity index is 327. The lowest BCUT2D eigenvalue weighted by Crippen LogP contribution is -2.44. The van der Waals surface area contributed by atoms with Gasteiger partial charge < -0.3 is 4.90 Å². The number of piperidine rings is 1. The molecule has 0 N–H and O–H groups in total. The molecule has 0 aromatic carbocycles. The molecule has 0 bridgehead atoms. The highest BCUT2D eigenvalue weighted by Gasteiger charge is 2.42. The van der Waals surface area contributed by atoms with Crippen molar-refractivity contribution < 1.29 is 18.0 Å². The van der Waals surface area contributed by atoms with Crippen LogP contribution >= 0.6 is 0 Å². The fourth-order valence-corrected chi connectivity index (χ4v) is 2.18. The number of halogens is 3. The van der Waals surface area contributed by atoms with Gasteiger partial charge in [-0.2, -0.15) is 18.4 Å². The maximum absolute atomic E-state index is 12.5. The van der Waals surface area contributed by atoms with Gasteiger partial charge in [-0.25, -0.2) is 0 Å². The van der Waals surface area contributed by atoms with Crippen molar-refractivity contribution in [2.75, 3.05) is 13.1 Å². The minimum atomic E-state index is -4.17. The van der Waals surface area contributed by atoms with Gasteiger partial charge in [-0.05, 0) is 19.3 Å². The molecule has 0 aliphatic carbocycles. The zero-order valence-corrected chi connectivity index (χ0v) is 10.3. The number of hydrogen-bond acceptors (Lipinski definition) is 2. The zero-order chi connectivity index (χ0) is 13.8. The van der Waals surface area contributed by atoms with E-state index in [1.165, 1.54) is 4.90 Å². The van der Waals surface area contributed by atoms with Gasteiger partial charge in [-0.1, -0.05) is 13.3 Å². The Hall–Kier alpha value is -1.25. The number of amides is 1. The van der Waals surface area contributed by atoms with E-state index in [-0.39, 0.29) is 31.8 Å². The molecule has 0 spiro atoms. The number of carbonyl (C=O) groups is 1. The highest BCUT2D eigenvalue weighted by molar-refractivity contribution is 5.81. The SMILES string of the molecule is CCCC(C#N)C(=O)N1CCC(C(F)(F)F)CC1. The number of alkyl halides is 3. The van der Waals surface area contributed by atoms with Gasteiger partial charge in [0.05, 0.1) is 12.0 Å². The van der Waals surface area contributed by atoms with E-state index in [9.17, 15) is 18.0 Å². The molecular formula is C12H17F3N2O. The number of hydrogen-bond donors (Lipinski definition) is 0. The van der Waals surface area contributed by atoms with E-state index in [1.807, 2.05) is 13.0 Å². The van der Waals surface area contributed by atoms with Gasteiger partial charge in [0.1, 0.15) is 5.92 Å². The Labute approximate surface area is 105 Å². The Balaban J connectivity index is 2.53. The Morgan fingerprint density at radius 1 is 1.44 bits per heavy atom. The Morgan fingerprint density at radius 3 is 2.39 bits per heavy atom. The zero-order valence-electron chi connectivity index (χ0n) is 10.3. The third-order valence-corrected chi connectivity index (χ3v) is 3.30. The number of nitriles is 1. The molecule has 0 aromatic rings. The van der Waals surface area contributed by atoms with Gasteiger partial charge in [-0.3, -0.25) is 4.79 Å². The minimum absolute atomic E-state index is 0.0560. The van der Waals surface area contributed by atoms with Crippen molar-refractivity contribution in [3.05, 3.63) is 0 Å². The van der Waals surface area contributed by atoms with E-state index in [4.69, 9.17) is 5.26 Å². The van der Waals surface area contributed by atoms with Crippen LogP contribution < -0.4 is 0 Å². The molecular weight excluding hydrogens is 245 g/mol. The van der Waals surface area contributed by atoms with Crippen molar-refractivity contribution in [2.45, 2.75) is 38.8 Å². The summed E-state index contributed by atoms with van der Waals surface area (Å²) in [5.41, 5.74) is 0. The minimum Gasteiger partial charge on any atom is -0.342 e. The molecule has 18 heavy (non-hydrogen) atoms. The first-order valence-electron chi connectivity index (χ1n) is 6.15. The normalized spacial score (nSPS) is 19.4. The standard InChI is InChI=1S/C12H17F3N2O/c1-2-3-9(8-16)11(18)17-6-4-10(5-7-17)12(13,14)15/h9-10H,2-7H2,1H3. The second-order valence-electron chi connectivity index (χ2n) is 4.61. The predicted octanol–water partition coefficient (Wildman–Crippen LogP) is 2.73. The molecule has 6 heteroatoms. The molecule has 0 saturated carbocycles. The van der Waals surface area contributed by atoms with Crippen LogP contribution in [0.3, 0.4) is 0 Å². The fourth-order valence-electron chi connectivity index (χ4n) is 2.18. The number of likely N-dealkylation sites (tertiary alicyclic amines) is 1. The van der Waals surface area contributed by atoms with Crippen LogP contribution in [0.2, 0.25) is 0 Å². The molecule has 0 aromatic heterocycles. The lowest BCUT2D eigenvalue weighted by Gasteiger charge is -2.33. The van der Waals surface area contributed by atoms with Gasteiger partial charge in [0.15, 0.2) is 0 Å². The van der Waals surface area contributed by atoms with Crippen LogP contribution in [-0.4, -0.2) is 30.1 Å². The summed E-state index contributed by atoms with van der Waals surface area (Å²) in [6.07, 6.45) is -3.11. The van der Waals surface area contributed by atoms with Crippen LogP contribution in [0.5, 0.6) is 0 Å². The Kier molecular flexibility index (Phi) is 5.00. The molecule has 1 rings (SSSR count). The van der Waals surface area contributed by atoms with Crippen LogP contribution in [0.15, 0.2) is 0 Å². The third kappa shape index (κ3) is 3.62.